The van der Waals surface area contributed by atoms with Gasteiger partial charge in [0.05, 0.1) is 15.9 Å². The largest absolute Gasteiger partial charge is 0.305 e. The van der Waals surface area contributed by atoms with Crippen LogP contribution < -0.4 is 5.56 Å². The standard InChI is InChI=1S/C14H12BrN3OS/c1-7(2)12-11(15)14(19)18-13(17-12)8-5-10-9(16-6-8)3-4-20-10/h3-7H,1-2H3,(H,17,18,19). The van der Waals surface area contributed by atoms with Crippen molar-refractivity contribution in [3.8, 4) is 11.4 Å². The molecule has 1 N–H and O–H groups in total. The molecule has 102 valence electrons. The van der Waals surface area contributed by atoms with Gasteiger partial charge in [0.25, 0.3) is 5.56 Å². The van der Waals surface area contributed by atoms with Crippen LogP contribution in [-0.2, 0) is 0 Å². The summed E-state index contributed by atoms with van der Waals surface area (Å²) in [6, 6.07) is 3.98. The van der Waals surface area contributed by atoms with Crippen LogP contribution in [0.15, 0.2) is 33.0 Å². The highest BCUT2D eigenvalue weighted by Gasteiger charge is 2.13. The number of nitrogens with one attached hydrogen (secondary N) is 1. The van der Waals surface area contributed by atoms with E-state index in [0.717, 1.165) is 21.5 Å². The van der Waals surface area contributed by atoms with Gasteiger partial charge in [-0.15, -0.1) is 11.3 Å². The van der Waals surface area contributed by atoms with E-state index in [2.05, 4.69) is 30.9 Å². The fraction of sp³-hybridized carbons (Fsp3) is 0.214. The number of halogens is 1. The van der Waals surface area contributed by atoms with Crippen molar-refractivity contribution in [2.45, 2.75) is 19.8 Å². The van der Waals surface area contributed by atoms with Gasteiger partial charge in [0.2, 0.25) is 0 Å². The Morgan fingerprint density at radius 2 is 2.20 bits per heavy atom. The molecule has 0 aromatic carbocycles. The first-order chi connectivity index (χ1) is 9.56. The number of hydrogen-bond acceptors (Lipinski definition) is 4. The van der Waals surface area contributed by atoms with Crippen LogP contribution in [0, 0.1) is 0 Å². The number of pyridine rings is 1. The third-order valence-corrected chi connectivity index (χ3v) is 4.63. The molecule has 3 heterocycles. The van der Waals surface area contributed by atoms with Crippen molar-refractivity contribution < 1.29 is 0 Å². The molecule has 0 fully saturated rings. The maximum atomic E-state index is 12.0. The Labute approximate surface area is 128 Å². The third-order valence-electron chi connectivity index (χ3n) is 3.01. The van der Waals surface area contributed by atoms with Crippen molar-refractivity contribution in [2.24, 2.45) is 0 Å². The van der Waals surface area contributed by atoms with Gasteiger partial charge in [0.15, 0.2) is 0 Å². The van der Waals surface area contributed by atoms with Gasteiger partial charge in [-0.25, -0.2) is 4.98 Å². The zero-order valence-electron chi connectivity index (χ0n) is 11.0. The first-order valence-corrected chi connectivity index (χ1v) is 7.87. The molecule has 0 aliphatic rings. The Balaban J connectivity index is 2.20. The van der Waals surface area contributed by atoms with Crippen LogP contribution in [0.2, 0.25) is 0 Å². The molecule has 20 heavy (non-hydrogen) atoms. The monoisotopic (exact) mass is 349 g/mol. The summed E-state index contributed by atoms with van der Waals surface area (Å²) in [6.45, 7) is 4.02. The second-order valence-corrected chi connectivity index (χ2v) is 6.54. The van der Waals surface area contributed by atoms with Crippen LogP contribution in [0.3, 0.4) is 0 Å². The van der Waals surface area contributed by atoms with E-state index in [4.69, 9.17) is 0 Å². The van der Waals surface area contributed by atoms with Crippen molar-refractivity contribution in [3.05, 3.63) is 44.2 Å². The topological polar surface area (TPSA) is 58.6 Å². The van der Waals surface area contributed by atoms with Crippen LogP contribution in [0.5, 0.6) is 0 Å². The second-order valence-electron chi connectivity index (χ2n) is 4.80. The van der Waals surface area contributed by atoms with Crippen molar-refractivity contribution in [1.82, 2.24) is 15.0 Å². The minimum atomic E-state index is -0.162. The van der Waals surface area contributed by atoms with Crippen LogP contribution in [0.4, 0.5) is 0 Å². The molecular weight excluding hydrogens is 338 g/mol. The number of nitrogens with zero attached hydrogens (tertiary/aromatic N) is 2. The number of H-pyrrole nitrogens is 1. The molecular formula is C14H12BrN3OS. The Bertz CT molecular complexity index is 838. The summed E-state index contributed by atoms with van der Waals surface area (Å²) in [6.07, 6.45) is 1.74. The van der Waals surface area contributed by atoms with E-state index < -0.39 is 0 Å². The molecule has 0 aliphatic heterocycles. The van der Waals surface area contributed by atoms with Gasteiger partial charge in [-0.1, -0.05) is 13.8 Å². The fourth-order valence-corrected chi connectivity index (χ4v) is 3.40. The van der Waals surface area contributed by atoms with Crippen LogP contribution in [-0.4, -0.2) is 15.0 Å². The second kappa shape index (κ2) is 5.10. The fourth-order valence-electron chi connectivity index (χ4n) is 1.97. The van der Waals surface area contributed by atoms with E-state index in [0.29, 0.717) is 10.3 Å². The van der Waals surface area contributed by atoms with Crippen LogP contribution >= 0.6 is 27.3 Å². The first kappa shape index (κ1) is 13.5. The summed E-state index contributed by atoms with van der Waals surface area (Å²) in [5.74, 6) is 0.730. The molecule has 0 amide bonds. The summed E-state index contributed by atoms with van der Waals surface area (Å²) < 4.78 is 1.58. The lowest BCUT2D eigenvalue weighted by atomic mass is 10.1. The Hall–Kier alpha value is -1.53. The zero-order chi connectivity index (χ0) is 14.3. The average Bonchev–Trinajstić information content (AvgIpc) is 2.88. The molecule has 0 aliphatic carbocycles. The van der Waals surface area contributed by atoms with E-state index in [9.17, 15) is 4.79 Å². The maximum absolute atomic E-state index is 12.0. The summed E-state index contributed by atoms with van der Waals surface area (Å²) >= 11 is 4.92. The molecule has 6 heteroatoms. The van der Waals surface area contributed by atoms with Crippen molar-refractivity contribution in [3.63, 3.8) is 0 Å². The molecule has 3 rings (SSSR count). The van der Waals surface area contributed by atoms with E-state index >= 15 is 0 Å². The number of fused-ring (bicyclic) bond motifs is 1. The van der Waals surface area contributed by atoms with Gasteiger partial charge < -0.3 is 4.98 Å². The van der Waals surface area contributed by atoms with Gasteiger partial charge in [-0.05, 0) is 39.4 Å². The molecule has 0 atom stereocenters. The van der Waals surface area contributed by atoms with Crippen LogP contribution in [0.25, 0.3) is 21.6 Å². The number of hydrogen-bond donors (Lipinski definition) is 1. The number of rotatable bonds is 2. The van der Waals surface area contributed by atoms with Gasteiger partial charge in [-0.2, -0.15) is 0 Å². The average molecular weight is 350 g/mol. The molecule has 0 unspecified atom stereocenters. The zero-order valence-corrected chi connectivity index (χ0v) is 13.4. The van der Waals surface area contributed by atoms with Crippen molar-refractivity contribution in [1.29, 1.82) is 0 Å². The van der Waals surface area contributed by atoms with E-state index in [1.54, 1.807) is 17.5 Å². The minimum Gasteiger partial charge on any atom is -0.305 e. The van der Waals surface area contributed by atoms with Gasteiger partial charge in [-0.3, -0.25) is 9.78 Å². The number of aromatic amines is 1. The smallest absolute Gasteiger partial charge is 0.265 e. The predicted octanol–water partition coefficient (Wildman–Crippen LogP) is 3.93. The molecule has 3 aromatic heterocycles. The summed E-state index contributed by atoms with van der Waals surface area (Å²) in [5.41, 5.74) is 2.38. The lowest BCUT2D eigenvalue weighted by Crippen LogP contribution is -2.14. The number of aromatic nitrogens is 3. The SMILES string of the molecule is CC(C)c1nc(-c2cnc3ccsc3c2)[nH]c(=O)c1Br. The third kappa shape index (κ3) is 2.29. The van der Waals surface area contributed by atoms with E-state index in [1.165, 1.54) is 0 Å². The van der Waals surface area contributed by atoms with E-state index in [1.807, 2.05) is 31.4 Å². The van der Waals surface area contributed by atoms with Gasteiger partial charge in [0, 0.05) is 11.8 Å². The first-order valence-electron chi connectivity index (χ1n) is 6.19. The molecule has 0 radical (unpaired) electrons. The lowest BCUT2D eigenvalue weighted by molar-refractivity contribution is 0.803. The van der Waals surface area contributed by atoms with Gasteiger partial charge >= 0.3 is 0 Å². The highest BCUT2D eigenvalue weighted by molar-refractivity contribution is 9.10. The molecule has 0 bridgehead atoms. The molecule has 0 spiro atoms. The molecule has 0 saturated carbocycles. The highest BCUT2D eigenvalue weighted by atomic mass is 79.9. The van der Waals surface area contributed by atoms with Gasteiger partial charge in [0.1, 0.15) is 10.3 Å². The molecule has 0 saturated heterocycles. The quantitative estimate of drug-likeness (QED) is 0.762. The summed E-state index contributed by atoms with van der Waals surface area (Å²) in [7, 11) is 0. The summed E-state index contributed by atoms with van der Waals surface area (Å²) in [5, 5.41) is 2.00. The van der Waals surface area contributed by atoms with Crippen LogP contribution in [0.1, 0.15) is 25.5 Å². The number of thiophene rings is 1. The predicted molar refractivity (Wildman–Crippen MR) is 85.3 cm³/mol. The molecule has 4 nitrogen and oxygen atoms in total. The Morgan fingerprint density at radius 3 is 2.95 bits per heavy atom. The normalized spacial score (nSPS) is 11.4. The summed E-state index contributed by atoms with van der Waals surface area (Å²) in [4.78, 5) is 23.7. The van der Waals surface area contributed by atoms with E-state index in [-0.39, 0.29) is 11.5 Å². The Morgan fingerprint density at radius 1 is 1.40 bits per heavy atom. The molecule has 3 aromatic rings. The minimum absolute atomic E-state index is 0.162. The highest BCUT2D eigenvalue weighted by Crippen LogP contribution is 2.26. The van der Waals surface area contributed by atoms with Crippen molar-refractivity contribution >= 4 is 37.5 Å². The Kier molecular flexibility index (Phi) is 3.43. The maximum Gasteiger partial charge on any atom is 0.265 e. The lowest BCUT2D eigenvalue weighted by Gasteiger charge is -2.09. The van der Waals surface area contributed by atoms with Crippen molar-refractivity contribution in [2.75, 3.05) is 0 Å².